The highest BCUT2D eigenvalue weighted by atomic mass is 35.5. The van der Waals surface area contributed by atoms with Crippen molar-refractivity contribution in [1.29, 1.82) is 0 Å². The average molecular weight is 322 g/mol. The van der Waals surface area contributed by atoms with Crippen molar-refractivity contribution >= 4 is 11.6 Å². The Morgan fingerprint density at radius 2 is 1.96 bits per heavy atom. The van der Waals surface area contributed by atoms with Crippen LogP contribution in [0, 0.1) is 13.8 Å². The number of rotatable bonds is 2. The van der Waals surface area contributed by atoms with Crippen LogP contribution in [0.5, 0.6) is 0 Å². The van der Waals surface area contributed by atoms with E-state index in [1.54, 1.807) is 0 Å². The Labute approximate surface area is 140 Å². The van der Waals surface area contributed by atoms with Crippen LogP contribution in [0.3, 0.4) is 0 Å². The molecule has 4 rings (SSSR count). The third-order valence-electron chi connectivity index (χ3n) is 4.29. The maximum Gasteiger partial charge on any atom is 0.142 e. The van der Waals surface area contributed by atoms with Crippen molar-refractivity contribution < 1.29 is 0 Å². The first-order valence-electron chi connectivity index (χ1n) is 7.67. The van der Waals surface area contributed by atoms with Crippen molar-refractivity contribution in [1.82, 2.24) is 15.0 Å². The molecule has 0 fully saturated rings. The standard InChI is InChI=1S/C19H16ClN3/c1-11-7-14-8-15-17(18(14)21-10-11)19(20)23-16(22-15)9-13-6-4-3-5-12(13)2/h3-7,10H,8-9H2,1-2H3. The van der Waals surface area contributed by atoms with Gasteiger partial charge in [0.05, 0.1) is 17.0 Å². The second-order valence-electron chi connectivity index (χ2n) is 6.05. The third kappa shape index (κ3) is 2.51. The molecule has 0 radical (unpaired) electrons. The molecule has 0 atom stereocenters. The molecule has 0 saturated heterocycles. The predicted molar refractivity (Wildman–Crippen MR) is 91.8 cm³/mol. The first-order chi connectivity index (χ1) is 11.1. The van der Waals surface area contributed by atoms with Crippen LogP contribution in [0.4, 0.5) is 0 Å². The summed E-state index contributed by atoms with van der Waals surface area (Å²) in [6.45, 7) is 4.15. The molecule has 23 heavy (non-hydrogen) atoms. The molecule has 4 heteroatoms. The molecule has 1 aliphatic carbocycles. The summed E-state index contributed by atoms with van der Waals surface area (Å²) < 4.78 is 0. The highest BCUT2D eigenvalue weighted by Crippen LogP contribution is 2.38. The van der Waals surface area contributed by atoms with Crippen LogP contribution in [-0.2, 0) is 12.8 Å². The number of halogens is 1. The van der Waals surface area contributed by atoms with Gasteiger partial charge in [-0.3, -0.25) is 4.98 Å². The lowest BCUT2D eigenvalue weighted by atomic mass is 10.1. The molecule has 0 unspecified atom stereocenters. The third-order valence-corrected chi connectivity index (χ3v) is 4.57. The van der Waals surface area contributed by atoms with E-state index in [9.17, 15) is 0 Å². The Balaban J connectivity index is 1.75. The van der Waals surface area contributed by atoms with Crippen LogP contribution >= 0.6 is 11.6 Å². The Morgan fingerprint density at radius 1 is 1.13 bits per heavy atom. The fraction of sp³-hybridized carbons (Fsp3) is 0.211. The summed E-state index contributed by atoms with van der Waals surface area (Å²) >= 11 is 6.46. The topological polar surface area (TPSA) is 38.7 Å². The second-order valence-corrected chi connectivity index (χ2v) is 6.41. The Kier molecular flexibility index (Phi) is 3.38. The number of nitrogens with zero attached hydrogens (tertiary/aromatic N) is 3. The van der Waals surface area contributed by atoms with Crippen molar-refractivity contribution in [3.05, 3.63) is 75.5 Å². The van der Waals surface area contributed by atoms with Crippen molar-refractivity contribution in [2.75, 3.05) is 0 Å². The molecule has 0 aliphatic heterocycles. The van der Waals surface area contributed by atoms with Gasteiger partial charge in [-0.25, -0.2) is 9.97 Å². The van der Waals surface area contributed by atoms with Crippen LogP contribution in [-0.4, -0.2) is 15.0 Å². The summed E-state index contributed by atoms with van der Waals surface area (Å²) in [5.41, 5.74) is 7.63. The number of hydrogen-bond donors (Lipinski definition) is 0. The van der Waals surface area contributed by atoms with E-state index in [4.69, 9.17) is 16.6 Å². The fourth-order valence-electron chi connectivity index (χ4n) is 3.12. The van der Waals surface area contributed by atoms with Gasteiger partial charge < -0.3 is 0 Å². The zero-order valence-electron chi connectivity index (χ0n) is 13.1. The Bertz CT molecular complexity index is 918. The van der Waals surface area contributed by atoms with Crippen LogP contribution in [0.25, 0.3) is 11.3 Å². The molecule has 1 aliphatic rings. The zero-order chi connectivity index (χ0) is 16.0. The van der Waals surface area contributed by atoms with Crippen molar-refractivity contribution in [2.24, 2.45) is 0 Å². The van der Waals surface area contributed by atoms with Gasteiger partial charge in [-0.2, -0.15) is 0 Å². The van der Waals surface area contributed by atoms with Crippen molar-refractivity contribution in [3.63, 3.8) is 0 Å². The van der Waals surface area contributed by atoms with Gasteiger partial charge in [0.25, 0.3) is 0 Å². The maximum absolute atomic E-state index is 6.46. The molecule has 3 nitrogen and oxygen atoms in total. The Hall–Kier alpha value is -2.26. The van der Waals surface area contributed by atoms with Crippen molar-refractivity contribution in [3.8, 4) is 11.3 Å². The van der Waals surface area contributed by atoms with E-state index in [-0.39, 0.29) is 0 Å². The average Bonchev–Trinajstić information content (AvgIpc) is 2.87. The number of hydrogen-bond acceptors (Lipinski definition) is 3. The summed E-state index contributed by atoms with van der Waals surface area (Å²) in [4.78, 5) is 13.8. The first kappa shape index (κ1) is 14.3. The van der Waals surface area contributed by atoms with Gasteiger partial charge >= 0.3 is 0 Å². The summed E-state index contributed by atoms with van der Waals surface area (Å²) in [5, 5.41) is 0.508. The molecule has 1 aromatic carbocycles. The lowest BCUT2D eigenvalue weighted by molar-refractivity contribution is 0.929. The molecule has 2 aromatic heterocycles. The van der Waals surface area contributed by atoms with E-state index in [0.29, 0.717) is 11.6 Å². The first-order valence-corrected chi connectivity index (χ1v) is 8.05. The zero-order valence-corrected chi connectivity index (χ0v) is 13.9. The minimum Gasteiger partial charge on any atom is -0.255 e. The SMILES string of the molecule is Cc1cnc2c(c1)Cc1nc(Cc3ccccc3C)nc(Cl)c1-2. The molecule has 0 amide bonds. The quantitative estimate of drug-likeness (QED) is 0.517. The number of fused-ring (bicyclic) bond motifs is 3. The van der Waals surface area contributed by atoms with Crippen LogP contribution in [0.15, 0.2) is 36.5 Å². The summed E-state index contributed by atoms with van der Waals surface area (Å²) in [5.74, 6) is 0.771. The lowest BCUT2D eigenvalue weighted by Gasteiger charge is -2.08. The monoisotopic (exact) mass is 321 g/mol. The van der Waals surface area contributed by atoms with Gasteiger partial charge in [-0.05, 0) is 36.1 Å². The van der Waals surface area contributed by atoms with E-state index in [0.717, 1.165) is 34.8 Å². The van der Waals surface area contributed by atoms with Gasteiger partial charge in [-0.1, -0.05) is 41.9 Å². The predicted octanol–water partition coefficient (Wildman–Crippen LogP) is 4.30. The van der Waals surface area contributed by atoms with Crippen LogP contribution in [0.1, 0.15) is 33.8 Å². The second kappa shape index (κ2) is 5.43. The summed E-state index contributed by atoms with van der Waals surface area (Å²) in [6, 6.07) is 10.5. The summed E-state index contributed by atoms with van der Waals surface area (Å²) in [7, 11) is 0. The lowest BCUT2D eigenvalue weighted by Crippen LogP contribution is -2.02. The van der Waals surface area contributed by atoms with Gasteiger partial charge in [0, 0.05) is 19.0 Å². The number of pyridine rings is 1. The van der Waals surface area contributed by atoms with E-state index in [2.05, 4.69) is 35.1 Å². The largest absolute Gasteiger partial charge is 0.255 e. The molecular formula is C19H16ClN3. The molecule has 0 N–H and O–H groups in total. The minimum atomic E-state index is 0.508. The number of benzene rings is 1. The van der Waals surface area contributed by atoms with Crippen molar-refractivity contribution in [2.45, 2.75) is 26.7 Å². The number of aromatic nitrogens is 3. The smallest absolute Gasteiger partial charge is 0.142 e. The Morgan fingerprint density at radius 3 is 2.78 bits per heavy atom. The van der Waals surface area contributed by atoms with Crippen LogP contribution in [0.2, 0.25) is 5.15 Å². The van der Waals surface area contributed by atoms with Gasteiger partial charge in [0.1, 0.15) is 11.0 Å². The molecular weight excluding hydrogens is 306 g/mol. The molecule has 0 spiro atoms. The van der Waals surface area contributed by atoms with E-state index >= 15 is 0 Å². The van der Waals surface area contributed by atoms with Crippen LogP contribution < -0.4 is 0 Å². The fourth-order valence-corrected chi connectivity index (χ4v) is 3.41. The highest BCUT2D eigenvalue weighted by Gasteiger charge is 2.25. The molecule has 3 aromatic rings. The summed E-state index contributed by atoms with van der Waals surface area (Å²) in [6.07, 6.45) is 3.34. The number of aryl methyl sites for hydroxylation is 2. The molecule has 2 heterocycles. The molecule has 114 valence electrons. The van der Waals surface area contributed by atoms with E-state index in [1.807, 2.05) is 25.3 Å². The van der Waals surface area contributed by atoms with E-state index < -0.39 is 0 Å². The van der Waals surface area contributed by atoms with Gasteiger partial charge in [0.2, 0.25) is 0 Å². The molecule has 0 saturated carbocycles. The highest BCUT2D eigenvalue weighted by molar-refractivity contribution is 6.32. The van der Waals surface area contributed by atoms with E-state index in [1.165, 1.54) is 16.7 Å². The van der Waals surface area contributed by atoms with Gasteiger partial charge in [-0.15, -0.1) is 0 Å². The normalized spacial score (nSPS) is 12.1. The molecule has 0 bridgehead atoms. The van der Waals surface area contributed by atoms with Gasteiger partial charge in [0.15, 0.2) is 0 Å². The maximum atomic E-state index is 6.46. The minimum absolute atomic E-state index is 0.508.